The maximum Gasteiger partial charge on any atom is 0.0589 e. The number of hydrogen-bond donors (Lipinski definition) is 1. The molecule has 2 unspecified atom stereocenters. The molecule has 0 amide bonds. The van der Waals surface area contributed by atoms with Gasteiger partial charge in [0, 0.05) is 26.2 Å². The van der Waals surface area contributed by atoms with Crippen LogP contribution in [-0.4, -0.2) is 51.3 Å². The van der Waals surface area contributed by atoms with Crippen molar-refractivity contribution in [1.82, 2.24) is 10.2 Å². The summed E-state index contributed by atoms with van der Waals surface area (Å²) >= 11 is 0. The zero-order valence-corrected chi connectivity index (χ0v) is 12.6. The van der Waals surface area contributed by atoms with Gasteiger partial charge in [-0.1, -0.05) is 26.2 Å². The zero-order chi connectivity index (χ0) is 13.2. The highest BCUT2D eigenvalue weighted by Gasteiger charge is 2.23. The van der Waals surface area contributed by atoms with Gasteiger partial charge in [-0.2, -0.15) is 0 Å². The first kappa shape index (κ1) is 15.9. The van der Waals surface area contributed by atoms with E-state index < -0.39 is 0 Å². The summed E-state index contributed by atoms with van der Waals surface area (Å²) < 4.78 is 5.16. The molecule has 1 saturated carbocycles. The van der Waals surface area contributed by atoms with E-state index in [1.54, 1.807) is 7.11 Å². The lowest BCUT2D eigenvalue weighted by Gasteiger charge is -2.30. The third-order valence-corrected chi connectivity index (χ3v) is 4.04. The molecule has 18 heavy (non-hydrogen) atoms. The average molecular weight is 256 g/mol. The van der Waals surface area contributed by atoms with Crippen LogP contribution in [0.15, 0.2) is 0 Å². The standard InChI is InChI=1S/C15H32N2O/c1-4-10-16-15-9-7-5-6-8-14(15)13-17(2)11-12-18-3/h14-16H,4-13H2,1-3H3. The molecule has 0 aliphatic heterocycles. The van der Waals surface area contributed by atoms with Gasteiger partial charge in [-0.05, 0) is 38.8 Å². The van der Waals surface area contributed by atoms with E-state index >= 15 is 0 Å². The van der Waals surface area contributed by atoms with Crippen molar-refractivity contribution in [2.24, 2.45) is 5.92 Å². The molecular weight excluding hydrogens is 224 g/mol. The topological polar surface area (TPSA) is 24.5 Å². The number of likely N-dealkylation sites (N-methyl/N-ethyl adjacent to an activating group) is 1. The van der Waals surface area contributed by atoms with E-state index in [1.165, 1.54) is 51.6 Å². The van der Waals surface area contributed by atoms with Gasteiger partial charge in [0.1, 0.15) is 0 Å². The molecule has 1 N–H and O–H groups in total. The molecule has 0 saturated heterocycles. The molecule has 0 aromatic heterocycles. The van der Waals surface area contributed by atoms with Crippen molar-refractivity contribution in [2.45, 2.75) is 51.5 Å². The quantitative estimate of drug-likeness (QED) is 0.675. The van der Waals surface area contributed by atoms with Crippen LogP contribution in [0.3, 0.4) is 0 Å². The van der Waals surface area contributed by atoms with Crippen molar-refractivity contribution in [3.63, 3.8) is 0 Å². The molecule has 0 aromatic rings. The first-order valence-corrected chi connectivity index (χ1v) is 7.68. The highest BCUT2D eigenvalue weighted by atomic mass is 16.5. The van der Waals surface area contributed by atoms with Crippen LogP contribution >= 0.6 is 0 Å². The Morgan fingerprint density at radius 3 is 2.72 bits per heavy atom. The highest BCUT2D eigenvalue weighted by molar-refractivity contribution is 4.81. The predicted octanol–water partition coefficient (Wildman–Crippen LogP) is 2.51. The van der Waals surface area contributed by atoms with Crippen molar-refractivity contribution in [3.8, 4) is 0 Å². The van der Waals surface area contributed by atoms with Crippen LogP contribution in [-0.2, 0) is 4.74 Å². The van der Waals surface area contributed by atoms with Gasteiger partial charge >= 0.3 is 0 Å². The monoisotopic (exact) mass is 256 g/mol. The molecule has 0 radical (unpaired) electrons. The normalized spacial score (nSPS) is 25.3. The molecule has 0 spiro atoms. The van der Waals surface area contributed by atoms with Crippen LogP contribution in [0.1, 0.15) is 45.4 Å². The summed E-state index contributed by atoms with van der Waals surface area (Å²) in [4.78, 5) is 2.43. The van der Waals surface area contributed by atoms with E-state index in [9.17, 15) is 0 Å². The summed E-state index contributed by atoms with van der Waals surface area (Å²) in [6, 6.07) is 0.734. The summed E-state index contributed by atoms with van der Waals surface area (Å²) in [5.41, 5.74) is 0. The lowest BCUT2D eigenvalue weighted by atomic mass is 9.94. The molecule has 1 rings (SSSR count). The Kier molecular flexibility index (Phi) is 8.64. The van der Waals surface area contributed by atoms with Gasteiger partial charge in [0.05, 0.1) is 6.61 Å². The van der Waals surface area contributed by atoms with Crippen LogP contribution in [0.5, 0.6) is 0 Å². The Morgan fingerprint density at radius 1 is 1.22 bits per heavy atom. The van der Waals surface area contributed by atoms with Gasteiger partial charge in [0.15, 0.2) is 0 Å². The lowest BCUT2D eigenvalue weighted by molar-refractivity contribution is 0.143. The van der Waals surface area contributed by atoms with E-state index in [1.807, 2.05) is 0 Å². The van der Waals surface area contributed by atoms with Crippen molar-refractivity contribution < 1.29 is 4.74 Å². The Morgan fingerprint density at radius 2 is 2.00 bits per heavy atom. The lowest BCUT2D eigenvalue weighted by Crippen LogP contribution is -2.42. The third-order valence-electron chi connectivity index (χ3n) is 4.04. The molecule has 2 atom stereocenters. The molecule has 3 nitrogen and oxygen atoms in total. The fourth-order valence-corrected chi connectivity index (χ4v) is 2.94. The van der Waals surface area contributed by atoms with E-state index in [4.69, 9.17) is 4.74 Å². The molecule has 0 bridgehead atoms. The van der Waals surface area contributed by atoms with Crippen LogP contribution in [0.2, 0.25) is 0 Å². The molecule has 1 fully saturated rings. The van der Waals surface area contributed by atoms with Crippen LogP contribution < -0.4 is 5.32 Å². The molecule has 1 aliphatic rings. The van der Waals surface area contributed by atoms with E-state index in [2.05, 4.69) is 24.2 Å². The maximum absolute atomic E-state index is 5.16. The van der Waals surface area contributed by atoms with E-state index in [0.717, 1.165) is 25.1 Å². The Bertz CT molecular complexity index is 199. The SMILES string of the molecule is CCCNC1CCCCCC1CN(C)CCOC. The second-order valence-electron chi connectivity index (χ2n) is 5.71. The minimum absolute atomic E-state index is 0.734. The third kappa shape index (κ3) is 6.17. The van der Waals surface area contributed by atoms with Crippen LogP contribution in [0.25, 0.3) is 0 Å². The summed E-state index contributed by atoms with van der Waals surface area (Å²) in [5, 5.41) is 3.76. The zero-order valence-electron chi connectivity index (χ0n) is 12.6. The minimum Gasteiger partial charge on any atom is -0.383 e. The summed E-state index contributed by atoms with van der Waals surface area (Å²) in [6.45, 7) is 6.53. The summed E-state index contributed by atoms with van der Waals surface area (Å²) in [6.07, 6.45) is 8.22. The molecule has 0 heterocycles. The highest BCUT2D eigenvalue weighted by Crippen LogP contribution is 2.24. The number of rotatable bonds is 8. The molecule has 0 aromatic carbocycles. The first-order chi connectivity index (χ1) is 8.77. The van der Waals surface area contributed by atoms with Gasteiger partial charge in [-0.25, -0.2) is 0 Å². The number of hydrogen-bond acceptors (Lipinski definition) is 3. The number of nitrogens with one attached hydrogen (secondary N) is 1. The Labute approximate surface area is 113 Å². The van der Waals surface area contributed by atoms with Crippen LogP contribution in [0, 0.1) is 5.92 Å². The Balaban J connectivity index is 2.39. The number of ether oxygens (including phenoxy) is 1. The molecule has 1 aliphatic carbocycles. The summed E-state index contributed by atoms with van der Waals surface area (Å²) in [7, 11) is 4.01. The van der Waals surface area contributed by atoms with Crippen molar-refractivity contribution in [1.29, 1.82) is 0 Å². The first-order valence-electron chi connectivity index (χ1n) is 7.68. The predicted molar refractivity (Wildman–Crippen MR) is 78.0 cm³/mol. The van der Waals surface area contributed by atoms with E-state index in [-0.39, 0.29) is 0 Å². The Hall–Kier alpha value is -0.120. The van der Waals surface area contributed by atoms with Gasteiger partial charge in [-0.15, -0.1) is 0 Å². The molecule has 108 valence electrons. The maximum atomic E-state index is 5.16. The molecular formula is C15H32N2O. The second kappa shape index (κ2) is 9.76. The summed E-state index contributed by atoms with van der Waals surface area (Å²) in [5.74, 6) is 0.820. The van der Waals surface area contributed by atoms with Crippen LogP contribution in [0.4, 0.5) is 0 Å². The fraction of sp³-hybridized carbons (Fsp3) is 1.00. The van der Waals surface area contributed by atoms with Crippen molar-refractivity contribution >= 4 is 0 Å². The van der Waals surface area contributed by atoms with Gasteiger partial charge in [0.25, 0.3) is 0 Å². The van der Waals surface area contributed by atoms with Crippen molar-refractivity contribution in [2.75, 3.05) is 40.4 Å². The molecule has 3 heteroatoms. The average Bonchev–Trinajstić information content (AvgIpc) is 2.59. The largest absolute Gasteiger partial charge is 0.383 e. The van der Waals surface area contributed by atoms with Gasteiger partial charge in [-0.3, -0.25) is 0 Å². The number of methoxy groups -OCH3 is 1. The fourth-order valence-electron chi connectivity index (χ4n) is 2.94. The van der Waals surface area contributed by atoms with Gasteiger partial charge in [0.2, 0.25) is 0 Å². The van der Waals surface area contributed by atoms with E-state index in [0.29, 0.717) is 0 Å². The second-order valence-corrected chi connectivity index (χ2v) is 5.71. The number of nitrogens with zero attached hydrogens (tertiary/aromatic N) is 1. The van der Waals surface area contributed by atoms with Gasteiger partial charge < -0.3 is 15.0 Å². The van der Waals surface area contributed by atoms with Crippen molar-refractivity contribution in [3.05, 3.63) is 0 Å². The smallest absolute Gasteiger partial charge is 0.0589 e. The minimum atomic E-state index is 0.734.